The first-order valence-corrected chi connectivity index (χ1v) is 6.95. The average molecular weight is 345 g/mol. The third-order valence-electron chi connectivity index (χ3n) is 3.31. The summed E-state index contributed by atoms with van der Waals surface area (Å²) in [6.07, 6.45) is 1.09. The van der Waals surface area contributed by atoms with E-state index in [-0.39, 0.29) is 0 Å². The van der Waals surface area contributed by atoms with Crippen LogP contribution in [0.3, 0.4) is 0 Å². The summed E-state index contributed by atoms with van der Waals surface area (Å²) in [6.45, 7) is 2.12. The van der Waals surface area contributed by atoms with Crippen LogP contribution < -0.4 is 5.32 Å². The highest BCUT2D eigenvalue weighted by Crippen LogP contribution is 2.25. The zero-order valence-electron chi connectivity index (χ0n) is 10.8. The molecule has 1 heterocycles. The van der Waals surface area contributed by atoms with Gasteiger partial charge < -0.3 is 15.3 Å². The molecule has 0 spiro atoms. The molecular formula is C13H14BrFN2O3. The molecular weight excluding hydrogens is 331 g/mol. The molecule has 0 unspecified atom stereocenters. The molecule has 5 nitrogen and oxygen atoms in total. The topological polar surface area (TPSA) is 69.6 Å². The molecule has 20 heavy (non-hydrogen) atoms. The van der Waals surface area contributed by atoms with Gasteiger partial charge in [-0.3, -0.25) is 0 Å². The molecule has 1 fully saturated rings. The van der Waals surface area contributed by atoms with Crippen LogP contribution in [0.15, 0.2) is 16.6 Å². The zero-order valence-corrected chi connectivity index (χ0v) is 12.4. The summed E-state index contributed by atoms with van der Waals surface area (Å²) in [7, 11) is 0. The van der Waals surface area contributed by atoms with Crippen LogP contribution in [0.25, 0.3) is 0 Å². The molecule has 7 heteroatoms. The Morgan fingerprint density at radius 2 is 2.20 bits per heavy atom. The summed E-state index contributed by atoms with van der Waals surface area (Å²) in [5.41, 5.74) is 1.03. The van der Waals surface area contributed by atoms with Crippen LogP contribution in [0, 0.1) is 12.7 Å². The lowest BCUT2D eigenvalue weighted by atomic mass is 10.2. The number of urea groups is 1. The smallest absolute Gasteiger partial charge is 0.326 e. The number of carbonyl (C=O) groups excluding carboxylic acids is 1. The normalized spacial score (nSPS) is 18.1. The van der Waals surface area contributed by atoms with Gasteiger partial charge in [-0.1, -0.05) is 0 Å². The minimum Gasteiger partial charge on any atom is -0.480 e. The van der Waals surface area contributed by atoms with Crippen molar-refractivity contribution in [2.75, 3.05) is 11.9 Å². The zero-order chi connectivity index (χ0) is 14.9. The maximum absolute atomic E-state index is 13.5. The van der Waals surface area contributed by atoms with E-state index in [4.69, 9.17) is 5.11 Å². The van der Waals surface area contributed by atoms with Crippen molar-refractivity contribution in [1.82, 2.24) is 4.90 Å². The van der Waals surface area contributed by atoms with Crippen LogP contribution >= 0.6 is 15.9 Å². The Morgan fingerprint density at radius 1 is 1.50 bits per heavy atom. The van der Waals surface area contributed by atoms with Crippen molar-refractivity contribution in [2.45, 2.75) is 25.8 Å². The van der Waals surface area contributed by atoms with Crippen LogP contribution in [0.2, 0.25) is 0 Å². The van der Waals surface area contributed by atoms with Crippen LogP contribution in [-0.2, 0) is 4.79 Å². The number of aryl methyl sites for hydroxylation is 1. The minimum atomic E-state index is -1.02. The molecule has 1 aliphatic rings. The Bertz CT molecular complexity index is 565. The van der Waals surface area contributed by atoms with Crippen molar-refractivity contribution in [3.05, 3.63) is 28.0 Å². The number of benzene rings is 1. The monoisotopic (exact) mass is 344 g/mol. The maximum Gasteiger partial charge on any atom is 0.326 e. The van der Waals surface area contributed by atoms with Crippen molar-refractivity contribution in [3.63, 3.8) is 0 Å². The van der Waals surface area contributed by atoms with Crippen molar-refractivity contribution in [1.29, 1.82) is 0 Å². The molecule has 2 amide bonds. The standard InChI is InChI=1S/C13H14BrFN2O3/c1-7-5-8(14)9(15)6-10(7)16-13(20)17-4-2-3-11(17)12(18)19/h5-6,11H,2-4H2,1H3,(H,16,20)(H,18,19)/t11-/m0/s1. The molecule has 0 radical (unpaired) electrons. The molecule has 1 atom stereocenters. The third kappa shape index (κ3) is 2.92. The molecule has 2 N–H and O–H groups in total. The Balaban J connectivity index is 2.16. The van der Waals surface area contributed by atoms with Crippen LogP contribution in [0.4, 0.5) is 14.9 Å². The summed E-state index contributed by atoms with van der Waals surface area (Å²) in [5, 5.41) is 11.6. The quantitative estimate of drug-likeness (QED) is 0.866. The second kappa shape index (κ2) is 5.78. The Hall–Kier alpha value is -1.63. The van der Waals surface area contributed by atoms with Gasteiger partial charge >= 0.3 is 12.0 Å². The van der Waals surface area contributed by atoms with Gasteiger partial charge in [0.25, 0.3) is 0 Å². The predicted molar refractivity (Wildman–Crippen MR) is 75.2 cm³/mol. The number of halogens is 2. The molecule has 2 rings (SSSR count). The summed E-state index contributed by atoms with van der Waals surface area (Å²) in [4.78, 5) is 24.4. The predicted octanol–water partition coefficient (Wildman–Crippen LogP) is 2.98. The highest BCUT2D eigenvalue weighted by molar-refractivity contribution is 9.10. The molecule has 1 aromatic carbocycles. The van der Waals surface area contributed by atoms with E-state index >= 15 is 0 Å². The SMILES string of the molecule is Cc1cc(Br)c(F)cc1NC(=O)N1CCC[C@H]1C(=O)O. The van der Waals surface area contributed by atoms with Gasteiger partial charge in [0, 0.05) is 12.2 Å². The first-order valence-electron chi connectivity index (χ1n) is 6.16. The van der Waals surface area contributed by atoms with Gasteiger partial charge in [-0.25, -0.2) is 14.0 Å². The van der Waals surface area contributed by atoms with E-state index < -0.39 is 23.9 Å². The van der Waals surface area contributed by atoms with E-state index in [9.17, 15) is 14.0 Å². The molecule has 108 valence electrons. The molecule has 0 aromatic heterocycles. The van der Waals surface area contributed by atoms with Crippen LogP contribution in [0.1, 0.15) is 18.4 Å². The fraction of sp³-hybridized carbons (Fsp3) is 0.385. The molecule has 1 saturated heterocycles. The lowest BCUT2D eigenvalue weighted by Gasteiger charge is -2.22. The summed E-state index contributed by atoms with van der Waals surface area (Å²) >= 11 is 3.07. The van der Waals surface area contributed by atoms with Gasteiger partial charge in [0.1, 0.15) is 11.9 Å². The van der Waals surface area contributed by atoms with E-state index in [1.807, 2.05) is 0 Å². The number of likely N-dealkylation sites (tertiary alicyclic amines) is 1. The molecule has 1 aliphatic heterocycles. The van der Waals surface area contributed by atoms with E-state index in [2.05, 4.69) is 21.2 Å². The lowest BCUT2D eigenvalue weighted by Crippen LogP contribution is -2.42. The number of hydrogen-bond donors (Lipinski definition) is 2. The van der Waals surface area contributed by atoms with Gasteiger partial charge in [-0.2, -0.15) is 0 Å². The number of amides is 2. The highest BCUT2D eigenvalue weighted by Gasteiger charge is 2.34. The molecule has 1 aromatic rings. The number of nitrogens with zero attached hydrogens (tertiary/aromatic N) is 1. The van der Waals surface area contributed by atoms with Gasteiger partial charge in [0.05, 0.1) is 4.47 Å². The average Bonchev–Trinajstić information content (AvgIpc) is 2.85. The fourth-order valence-electron chi connectivity index (χ4n) is 2.23. The van der Waals surface area contributed by atoms with Crippen molar-refractivity contribution < 1.29 is 19.1 Å². The number of nitrogens with one attached hydrogen (secondary N) is 1. The summed E-state index contributed by atoms with van der Waals surface area (Å²) < 4.78 is 13.8. The molecule has 0 aliphatic carbocycles. The second-order valence-electron chi connectivity index (χ2n) is 4.70. The largest absolute Gasteiger partial charge is 0.480 e. The Labute approximate surface area is 123 Å². The molecule has 0 bridgehead atoms. The lowest BCUT2D eigenvalue weighted by molar-refractivity contribution is -0.141. The number of carboxylic acids is 1. The van der Waals surface area contributed by atoms with E-state index in [0.717, 1.165) is 0 Å². The van der Waals surface area contributed by atoms with Gasteiger partial charge in [-0.05, 0) is 53.4 Å². The van der Waals surface area contributed by atoms with Gasteiger partial charge in [-0.15, -0.1) is 0 Å². The van der Waals surface area contributed by atoms with Crippen molar-refractivity contribution in [3.8, 4) is 0 Å². The number of carboxylic acid groups (broad SMARTS) is 1. The van der Waals surface area contributed by atoms with Gasteiger partial charge in [0.15, 0.2) is 0 Å². The van der Waals surface area contributed by atoms with Gasteiger partial charge in [0.2, 0.25) is 0 Å². The van der Waals surface area contributed by atoms with E-state index in [0.29, 0.717) is 35.1 Å². The second-order valence-corrected chi connectivity index (χ2v) is 5.56. The first kappa shape index (κ1) is 14.8. The first-order chi connectivity index (χ1) is 9.40. The summed E-state index contributed by atoms with van der Waals surface area (Å²) in [6, 6.07) is 1.45. The Morgan fingerprint density at radius 3 is 2.85 bits per heavy atom. The fourth-order valence-corrected chi connectivity index (χ4v) is 2.69. The minimum absolute atomic E-state index is 0.317. The van der Waals surface area contributed by atoms with Crippen LogP contribution in [-0.4, -0.2) is 34.6 Å². The van der Waals surface area contributed by atoms with Crippen LogP contribution in [0.5, 0.6) is 0 Å². The van der Waals surface area contributed by atoms with E-state index in [1.54, 1.807) is 13.0 Å². The number of rotatable bonds is 2. The molecule has 0 saturated carbocycles. The number of anilines is 1. The number of hydrogen-bond acceptors (Lipinski definition) is 2. The van der Waals surface area contributed by atoms with Crippen molar-refractivity contribution in [2.24, 2.45) is 0 Å². The number of carbonyl (C=O) groups is 2. The van der Waals surface area contributed by atoms with Crippen molar-refractivity contribution >= 4 is 33.6 Å². The highest BCUT2D eigenvalue weighted by atomic mass is 79.9. The maximum atomic E-state index is 13.5. The summed E-state index contributed by atoms with van der Waals surface area (Å²) in [5.74, 6) is -1.50. The Kier molecular flexibility index (Phi) is 4.27. The number of aliphatic carboxylic acids is 1. The third-order valence-corrected chi connectivity index (χ3v) is 3.92. The van der Waals surface area contributed by atoms with E-state index in [1.165, 1.54) is 11.0 Å².